The molecule has 1 aromatic carbocycles. The number of aliphatic hydroxyl groups is 1. The van der Waals surface area contributed by atoms with E-state index in [1.165, 1.54) is 24.8 Å². The Labute approximate surface area is 103 Å². The van der Waals surface area contributed by atoms with Crippen LogP contribution in [0.4, 0.5) is 0 Å². The summed E-state index contributed by atoms with van der Waals surface area (Å²) in [6.45, 7) is 0.908. The normalized spacial score (nSPS) is 15.2. The van der Waals surface area contributed by atoms with Crippen molar-refractivity contribution in [3.05, 3.63) is 35.4 Å². The average molecular weight is 229 g/mol. The fourth-order valence-corrected chi connectivity index (χ4v) is 2.13. The van der Waals surface area contributed by atoms with Crippen LogP contribution in [-0.2, 0) is 6.54 Å². The number of hydrogen-bond donors (Lipinski definition) is 1. The average Bonchev–Trinajstić information content (AvgIpc) is 2.24. The first-order valence-corrected chi connectivity index (χ1v) is 6.18. The van der Waals surface area contributed by atoms with E-state index in [1.807, 2.05) is 12.1 Å². The highest BCUT2D eigenvalue weighted by atomic mass is 16.2. The van der Waals surface area contributed by atoms with E-state index >= 15 is 0 Å². The van der Waals surface area contributed by atoms with E-state index in [4.69, 9.17) is 5.11 Å². The van der Waals surface area contributed by atoms with Gasteiger partial charge >= 0.3 is 0 Å². The Morgan fingerprint density at radius 3 is 2.88 bits per heavy atom. The third-order valence-corrected chi connectivity index (χ3v) is 3.37. The van der Waals surface area contributed by atoms with E-state index in [-0.39, 0.29) is 6.61 Å². The molecule has 1 aliphatic rings. The molecule has 0 amide bonds. The lowest BCUT2D eigenvalue weighted by molar-refractivity contribution is 0.152. The van der Waals surface area contributed by atoms with Gasteiger partial charge in [-0.2, -0.15) is 0 Å². The largest absolute Gasteiger partial charge is 0.384 e. The van der Waals surface area contributed by atoms with Crippen LogP contribution in [-0.4, -0.2) is 29.7 Å². The maximum atomic E-state index is 8.67. The standard InChI is InChI=1S/C15H19NO/c1-16(15-8-3-9-15)12-14-6-2-5-13(11-14)7-4-10-17/h2,5-6,11,15,17H,3,8-10,12H2,1H3. The molecule has 1 saturated carbocycles. The van der Waals surface area contributed by atoms with Crippen LogP contribution in [0.1, 0.15) is 30.4 Å². The summed E-state index contributed by atoms with van der Waals surface area (Å²) in [5, 5.41) is 8.67. The lowest BCUT2D eigenvalue weighted by atomic mass is 9.91. The Kier molecular flexibility index (Phi) is 4.19. The van der Waals surface area contributed by atoms with Crippen molar-refractivity contribution in [1.29, 1.82) is 0 Å². The minimum atomic E-state index is -0.0772. The van der Waals surface area contributed by atoms with Gasteiger partial charge in [-0.05, 0) is 37.6 Å². The van der Waals surface area contributed by atoms with Crippen molar-refractivity contribution >= 4 is 0 Å². The molecular weight excluding hydrogens is 210 g/mol. The van der Waals surface area contributed by atoms with E-state index in [2.05, 4.69) is 35.9 Å². The Bertz CT molecular complexity index is 426. The van der Waals surface area contributed by atoms with Gasteiger partial charge in [0.1, 0.15) is 6.61 Å². The molecule has 0 aliphatic heterocycles. The van der Waals surface area contributed by atoms with Gasteiger partial charge in [-0.25, -0.2) is 0 Å². The summed E-state index contributed by atoms with van der Waals surface area (Å²) < 4.78 is 0. The highest BCUT2D eigenvalue weighted by Crippen LogP contribution is 2.24. The molecule has 1 fully saturated rings. The van der Waals surface area contributed by atoms with Crippen LogP contribution in [0.15, 0.2) is 24.3 Å². The second-order valence-electron chi connectivity index (χ2n) is 4.66. The van der Waals surface area contributed by atoms with Crippen molar-refractivity contribution in [1.82, 2.24) is 4.90 Å². The minimum Gasteiger partial charge on any atom is -0.384 e. The smallest absolute Gasteiger partial charge is 0.104 e. The van der Waals surface area contributed by atoms with Gasteiger partial charge in [0, 0.05) is 18.2 Å². The van der Waals surface area contributed by atoms with Crippen LogP contribution >= 0.6 is 0 Å². The van der Waals surface area contributed by atoms with Crippen LogP contribution in [0.2, 0.25) is 0 Å². The molecule has 90 valence electrons. The topological polar surface area (TPSA) is 23.5 Å². The Morgan fingerprint density at radius 1 is 1.41 bits per heavy atom. The molecule has 0 aromatic heterocycles. The first-order valence-electron chi connectivity index (χ1n) is 6.18. The van der Waals surface area contributed by atoms with Gasteiger partial charge in [-0.15, -0.1) is 0 Å². The highest BCUT2D eigenvalue weighted by Gasteiger charge is 2.21. The first-order chi connectivity index (χ1) is 8.29. The molecule has 0 heterocycles. The molecule has 17 heavy (non-hydrogen) atoms. The molecule has 2 heteroatoms. The molecule has 0 radical (unpaired) electrons. The predicted molar refractivity (Wildman–Crippen MR) is 69.5 cm³/mol. The predicted octanol–water partition coefficient (Wildman–Crippen LogP) is 2.01. The van der Waals surface area contributed by atoms with Gasteiger partial charge in [0.2, 0.25) is 0 Å². The summed E-state index contributed by atoms with van der Waals surface area (Å²) in [7, 11) is 2.19. The SMILES string of the molecule is CN(Cc1cccc(C#CCO)c1)C1CCC1. The van der Waals surface area contributed by atoms with Crippen LogP contribution in [0.25, 0.3) is 0 Å². The zero-order valence-electron chi connectivity index (χ0n) is 10.3. The van der Waals surface area contributed by atoms with Crippen LogP contribution in [0.5, 0.6) is 0 Å². The molecule has 2 nitrogen and oxygen atoms in total. The number of benzene rings is 1. The van der Waals surface area contributed by atoms with E-state index in [0.29, 0.717) is 0 Å². The number of nitrogens with zero attached hydrogens (tertiary/aromatic N) is 1. The zero-order chi connectivity index (χ0) is 12.1. The lowest BCUT2D eigenvalue weighted by Crippen LogP contribution is -2.36. The number of hydrogen-bond acceptors (Lipinski definition) is 2. The number of rotatable bonds is 3. The summed E-state index contributed by atoms with van der Waals surface area (Å²) >= 11 is 0. The molecule has 0 bridgehead atoms. The second kappa shape index (κ2) is 5.86. The molecule has 2 rings (SSSR count). The van der Waals surface area contributed by atoms with Crippen molar-refractivity contribution in [2.24, 2.45) is 0 Å². The summed E-state index contributed by atoms with van der Waals surface area (Å²) in [6.07, 6.45) is 4.04. The fraction of sp³-hybridized carbons (Fsp3) is 0.467. The molecule has 0 atom stereocenters. The maximum Gasteiger partial charge on any atom is 0.104 e. The summed E-state index contributed by atoms with van der Waals surface area (Å²) in [4.78, 5) is 2.42. The highest BCUT2D eigenvalue weighted by molar-refractivity contribution is 5.37. The zero-order valence-corrected chi connectivity index (χ0v) is 10.3. The molecule has 0 saturated heterocycles. The third-order valence-electron chi connectivity index (χ3n) is 3.37. The fourth-order valence-electron chi connectivity index (χ4n) is 2.13. The van der Waals surface area contributed by atoms with Gasteiger partial charge in [-0.3, -0.25) is 4.90 Å². The summed E-state index contributed by atoms with van der Waals surface area (Å²) in [5.41, 5.74) is 2.28. The number of aliphatic hydroxyl groups excluding tert-OH is 1. The molecule has 1 aliphatic carbocycles. The van der Waals surface area contributed by atoms with Crippen molar-refractivity contribution in [3.63, 3.8) is 0 Å². The Morgan fingerprint density at radius 2 is 2.24 bits per heavy atom. The monoisotopic (exact) mass is 229 g/mol. The van der Waals surface area contributed by atoms with E-state index in [9.17, 15) is 0 Å². The van der Waals surface area contributed by atoms with Crippen LogP contribution in [0, 0.1) is 11.8 Å². The van der Waals surface area contributed by atoms with Crippen molar-refractivity contribution < 1.29 is 5.11 Å². The molecule has 1 aromatic rings. The first kappa shape index (κ1) is 12.2. The van der Waals surface area contributed by atoms with Crippen LogP contribution in [0.3, 0.4) is 0 Å². The van der Waals surface area contributed by atoms with Gasteiger partial charge in [0.25, 0.3) is 0 Å². The van der Waals surface area contributed by atoms with Crippen molar-refractivity contribution in [2.45, 2.75) is 31.8 Å². The van der Waals surface area contributed by atoms with E-state index in [0.717, 1.165) is 18.2 Å². The summed E-state index contributed by atoms with van der Waals surface area (Å²) in [6, 6.07) is 9.03. The molecule has 0 unspecified atom stereocenters. The van der Waals surface area contributed by atoms with E-state index < -0.39 is 0 Å². The van der Waals surface area contributed by atoms with Crippen molar-refractivity contribution in [2.75, 3.05) is 13.7 Å². The minimum absolute atomic E-state index is 0.0772. The summed E-state index contributed by atoms with van der Waals surface area (Å²) in [5.74, 6) is 5.63. The maximum absolute atomic E-state index is 8.67. The van der Waals surface area contributed by atoms with E-state index in [1.54, 1.807) is 0 Å². The van der Waals surface area contributed by atoms with Gasteiger partial charge < -0.3 is 5.11 Å². The van der Waals surface area contributed by atoms with Crippen LogP contribution < -0.4 is 0 Å². The van der Waals surface area contributed by atoms with Gasteiger partial charge in [-0.1, -0.05) is 30.4 Å². The lowest BCUT2D eigenvalue weighted by Gasteiger charge is -2.34. The van der Waals surface area contributed by atoms with Gasteiger partial charge in [0.05, 0.1) is 0 Å². The molecule has 0 spiro atoms. The molecular formula is C15H19NO. The Balaban J connectivity index is 2.00. The van der Waals surface area contributed by atoms with Crippen molar-refractivity contribution in [3.8, 4) is 11.8 Å². The molecule has 1 N–H and O–H groups in total. The van der Waals surface area contributed by atoms with Gasteiger partial charge in [0.15, 0.2) is 0 Å². The Hall–Kier alpha value is -1.30. The second-order valence-corrected chi connectivity index (χ2v) is 4.66. The quantitative estimate of drug-likeness (QED) is 0.802. The third kappa shape index (κ3) is 3.33.